The fourth-order valence-corrected chi connectivity index (χ4v) is 2.64. The van der Waals surface area contributed by atoms with E-state index < -0.39 is 5.79 Å². The molecule has 6 nitrogen and oxygen atoms in total. The van der Waals surface area contributed by atoms with Gasteiger partial charge in [0.15, 0.2) is 5.79 Å². The second kappa shape index (κ2) is 5.09. The molecule has 0 radical (unpaired) electrons. The van der Waals surface area contributed by atoms with Crippen molar-refractivity contribution in [2.24, 2.45) is 0 Å². The third-order valence-corrected chi connectivity index (χ3v) is 3.95. The third kappa shape index (κ3) is 3.06. The molecule has 0 aromatic carbocycles. The minimum atomic E-state index is -0.465. The fourth-order valence-electron chi connectivity index (χ4n) is 2.64. The SMILES string of the molecule is O=C(CC(=O)N1CCC2(CC1)OCCO2)NC1CC1. The average Bonchev–Trinajstić information content (AvgIpc) is 3.09. The maximum Gasteiger partial charge on any atom is 0.232 e. The molecule has 1 spiro atoms. The molecule has 3 fully saturated rings. The van der Waals surface area contributed by atoms with Crippen LogP contribution >= 0.6 is 0 Å². The van der Waals surface area contributed by atoms with Gasteiger partial charge in [-0.15, -0.1) is 0 Å². The van der Waals surface area contributed by atoms with Crippen LogP contribution in [0.2, 0.25) is 0 Å². The molecule has 2 amide bonds. The van der Waals surface area contributed by atoms with Crippen LogP contribution in [0.1, 0.15) is 32.1 Å². The number of hydrogen-bond donors (Lipinski definition) is 1. The van der Waals surface area contributed by atoms with E-state index in [4.69, 9.17) is 9.47 Å². The summed E-state index contributed by atoms with van der Waals surface area (Å²) in [5.74, 6) is -0.709. The first-order chi connectivity index (χ1) is 9.17. The molecule has 2 aliphatic heterocycles. The number of piperidine rings is 1. The lowest BCUT2D eigenvalue weighted by Crippen LogP contribution is -2.48. The van der Waals surface area contributed by atoms with Crippen LogP contribution in [0.5, 0.6) is 0 Å². The molecule has 3 aliphatic rings. The van der Waals surface area contributed by atoms with Crippen molar-refractivity contribution in [1.29, 1.82) is 0 Å². The van der Waals surface area contributed by atoms with Crippen LogP contribution in [0.25, 0.3) is 0 Å². The van der Waals surface area contributed by atoms with Gasteiger partial charge in [0.05, 0.1) is 13.2 Å². The Hall–Kier alpha value is -1.14. The van der Waals surface area contributed by atoms with Crippen molar-refractivity contribution in [3.63, 3.8) is 0 Å². The molecule has 0 unspecified atom stereocenters. The van der Waals surface area contributed by atoms with Gasteiger partial charge in [-0.2, -0.15) is 0 Å². The van der Waals surface area contributed by atoms with Crippen LogP contribution in [0, 0.1) is 0 Å². The highest BCUT2D eigenvalue weighted by Crippen LogP contribution is 2.31. The first-order valence-electron chi connectivity index (χ1n) is 7.02. The van der Waals surface area contributed by atoms with E-state index in [9.17, 15) is 9.59 Å². The van der Waals surface area contributed by atoms with E-state index in [0.717, 1.165) is 12.8 Å². The van der Waals surface area contributed by atoms with Crippen LogP contribution in [0.3, 0.4) is 0 Å². The normalized spacial score (nSPS) is 25.6. The number of amides is 2. The van der Waals surface area contributed by atoms with E-state index in [1.54, 1.807) is 4.90 Å². The maximum atomic E-state index is 12.0. The predicted molar refractivity (Wildman–Crippen MR) is 66.2 cm³/mol. The van der Waals surface area contributed by atoms with Crippen molar-refractivity contribution in [2.45, 2.75) is 43.9 Å². The highest BCUT2D eigenvalue weighted by atomic mass is 16.7. The van der Waals surface area contributed by atoms with Gasteiger partial charge < -0.3 is 19.7 Å². The minimum Gasteiger partial charge on any atom is -0.353 e. The van der Waals surface area contributed by atoms with E-state index in [1.807, 2.05) is 0 Å². The van der Waals surface area contributed by atoms with Gasteiger partial charge in [0, 0.05) is 32.0 Å². The highest BCUT2D eigenvalue weighted by Gasteiger charge is 2.40. The van der Waals surface area contributed by atoms with Crippen molar-refractivity contribution < 1.29 is 19.1 Å². The highest BCUT2D eigenvalue weighted by molar-refractivity contribution is 5.97. The molecule has 1 N–H and O–H groups in total. The summed E-state index contributed by atoms with van der Waals surface area (Å²) in [6.45, 7) is 2.49. The smallest absolute Gasteiger partial charge is 0.232 e. The number of rotatable bonds is 3. The molecule has 0 aromatic heterocycles. The van der Waals surface area contributed by atoms with E-state index in [1.165, 1.54) is 0 Å². The van der Waals surface area contributed by atoms with Crippen molar-refractivity contribution in [3.8, 4) is 0 Å². The zero-order chi connectivity index (χ0) is 13.3. The van der Waals surface area contributed by atoms with E-state index in [-0.39, 0.29) is 18.2 Å². The van der Waals surface area contributed by atoms with Crippen LogP contribution in [-0.4, -0.2) is 54.8 Å². The lowest BCUT2D eigenvalue weighted by Gasteiger charge is -2.37. The first kappa shape index (κ1) is 12.9. The summed E-state index contributed by atoms with van der Waals surface area (Å²) >= 11 is 0. The first-order valence-corrected chi connectivity index (χ1v) is 7.02. The lowest BCUT2D eigenvalue weighted by atomic mass is 10.0. The Morgan fingerprint density at radius 1 is 1.16 bits per heavy atom. The van der Waals surface area contributed by atoms with Gasteiger partial charge in [0.1, 0.15) is 6.42 Å². The molecule has 0 aromatic rings. The summed E-state index contributed by atoms with van der Waals surface area (Å²) in [5.41, 5.74) is 0. The van der Waals surface area contributed by atoms with Crippen LogP contribution in [0.15, 0.2) is 0 Å². The molecule has 0 bridgehead atoms. The maximum absolute atomic E-state index is 12.0. The van der Waals surface area contributed by atoms with E-state index >= 15 is 0 Å². The van der Waals surface area contributed by atoms with Crippen molar-refractivity contribution in [2.75, 3.05) is 26.3 Å². The van der Waals surface area contributed by atoms with E-state index in [0.29, 0.717) is 45.2 Å². The average molecular weight is 268 g/mol. The number of carbonyl (C=O) groups is 2. The predicted octanol–water partition coefficient (Wildman–Crippen LogP) is 0.0206. The summed E-state index contributed by atoms with van der Waals surface area (Å²) in [6.07, 6.45) is 3.44. The molecular weight excluding hydrogens is 248 g/mol. The van der Waals surface area contributed by atoms with Gasteiger partial charge >= 0.3 is 0 Å². The standard InChI is InChI=1S/C13H20N2O4/c16-11(14-10-1-2-10)9-12(17)15-5-3-13(4-6-15)18-7-8-19-13/h10H,1-9H2,(H,14,16). The Bertz CT molecular complexity index is 365. The van der Waals surface area contributed by atoms with Gasteiger partial charge in [-0.1, -0.05) is 0 Å². The molecule has 106 valence electrons. The fraction of sp³-hybridized carbons (Fsp3) is 0.846. The van der Waals surface area contributed by atoms with Gasteiger partial charge in [0.2, 0.25) is 11.8 Å². The number of nitrogens with zero attached hydrogens (tertiary/aromatic N) is 1. The Morgan fingerprint density at radius 2 is 1.79 bits per heavy atom. The quantitative estimate of drug-likeness (QED) is 0.733. The zero-order valence-electron chi connectivity index (χ0n) is 11.0. The largest absolute Gasteiger partial charge is 0.353 e. The van der Waals surface area contributed by atoms with E-state index in [2.05, 4.69) is 5.32 Å². The second-order valence-corrected chi connectivity index (χ2v) is 5.51. The molecule has 6 heteroatoms. The van der Waals surface area contributed by atoms with Crippen molar-refractivity contribution in [1.82, 2.24) is 10.2 Å². The Morgan fingerprint density at radius 3 is 2.37 bits per heavy atom. The van der Waals surface area contributed by atoms with Crippen LogP contribution in [0.4, 0.5) is 0 Å². The second-order valence-electron chi connectivity index (χ2n) is 5.51. The Balaban J connectivity index is 1.44. The Kier molecular flexibility index (Phi) is 3.45. The molecule has 0 atom stereocenters. The molecule has 2 saturated heterocycles. The molecule has 19 heavy (non-hydrogen) atoms. The molecule has 2 heterocycles. The summed E-state index contributed by atoms with van der Waals surface area (Å²) in [7, 11) is 0. The third-order valence-electron chi connectivity index (χ3n) is 3.95. The number of nitrogens with one attached hydrogen (secondary N) is 1. The molecule has 3 rings (SSSR count). The van der Waals surface area contributed by atoms with Gasteiger partial charge in [-0.3, -0.25) is 9.59 Å². The van der Waals surface area contributed by atoms with Gasteiger partial charge in [-0.05, 0) is 12.8 Å². The number of ether oxygens (including phenoxy) is 2. The zero-order valence-corrected chi connectivity index (χ0v) is 11.0. The molecule has 1 saturated carbocycles. The summed E-state index contributed by atoms with van der Waals surface area (Å²) < 4.78 is 11.2. The topological polar surface area (TPSA) is 67.9 Å². The molecule has 1 aliphatic carbocycles. The van der Waals surface area contributed by atoms with Crippen LogP contribution in [-0.2, 0) is 19.1 Å². The number of carbonyl (C=O) groups excluding carboxylic acids is 2. The van der Waals surface area contributed by atoms with Crippen molar-refractivity contribution in [3.05, 3.63) is 0 Å². The van der Waals surface area contributed by atoms with Gasteiger partial charge in [-0.25, -0.2) is 0 Å². The Labute approximate surface area is 112 Å². The lowest BCUT2D eigenvalue weighted by molar-refractivity contribution is -0.187. The number of hydrogen-bond acceptors (Lipinski definition) is 4. The van der Waals surface area contributed by atoms with Crippen molar-refractivity contribution >= 4 is 11.8 Å². The summed E-state index contributed by atoms with van der Waals surface area (Å²) in [4.78, 5) is 25.3. The summed E-state index contributed by atoms with van der Waals surface area (Å²) in [6, 6.07) is 0.310. The molecular formula is C13H20N2O4. The van der Waals surface area contributed by atoms with Crippen LogP contribution < -0.4 is 5.32 Å². The monoisotopic (exact) mass is 268 g/mol. The van der Waals surface area contributed by atoms with Gasteiger partial charge in [0.25, 0.3) is 0 Å². The summed E-state index contributed by atoms with van der Waals surface area (Å²) in [5, 5.41) is 2.84. The number of likely N-dealkylation sites (tertiary alicyclic amines) is 1. The minimum absolute atomic E-state index is 0.0365.